The van der Waals surface area contributed by atoms with E-state index in [0.29, 0.717) is 22.0 Å². The molecule has 0 bridgehead atoms. The highest BCUT2D eigenvalue weighted by molar-refractivity contribution is 5.64. The average Bonchev–Trinajstić information content (AvgIpc) is 0.756. The minimum atomic E-state index is -1.67. The number of hydrogen-bond acceptors (Lipinski definition) is 0. The molecule has 0 atom stereocenters. The average molecular weight is 1180 g/mol. The fraction of sp³-hybridized carbons (Fsp3) is 0.470. The normalized spacial score (nSPS) is 13.5. The van der Waals surface area contributed by atoms with Gasteiger partial charge in [0.25, 0.3) is 0 Å². The molecule has 0 aliphatic carbocycles. The molecule has 0 amide bonds. The van der Waals surface area contributed by atoms with Crippen LogP contribution < -0.4 is 18.3 Å². The second-order valence-electron chi connectivity index (χ2n) is 30.8. The number of aromatic nitrogens is 4. The van der Waals surface area contributed by atoms with Crippen LogP contribution in [0.25, 0.3) is 45.0 Å². The van der Waals surface area contributed by atoms with Crippen molar-refractivity contribution >= 4 is 0 Å². The summed E-state index contributed by atoms with van der Waals surface area (Å²) in [5.74, 6) is -0.274. The van der Waals surface area contributed by atoms with Crippen LogP contribution in [0, 0.1) is 74.5 Å². The molecule has 0 aliphatic heterocycles. The molecule has 0 spiro atoms. The topological polar surface area (TPSA) is 15.5 Å². The zero-order chi connectivity index (χ0) is 70.5. The molecule has 4 nitrogen and oxygen atoms in total. The number of hydrogen-bond donors (Lipinski definition) is 0. The fourth-order valence-corrected chi connectivity index (χ4v) is 11.2. The van der Waals surface area contributed by atoms with Crippen molar-refractivity contribution in [3.05, 3.63) is 213 Å². The Morgan fingerprint density at radius 1 is 0.310 bits per heavy atom. The van der Waals surface area contributed by atoms with Gasteiger partial charge < -0.3 is 0 Å². The van der Waals surface area contributed by atoms with E-state index in [9.17, 15) is 0 Å². The lowest BCUT2D eigenvalue weighted by Crippen LogP contribution is -2.33. The monoisotopic (exact) mass is 1180 g/mol. The molecule has 8 aromatic rings. The van der Waals surface area contributed by atoms with Crippen molar-refractivity contribution in [2.75, 3.05) is 0 Å². The van der Waals surface area contributed by atoms with Gasteiger partial charge in [-0.2, -0.15) is 0 Å². The zero-order valence-electron chi connectivity index (χ0n) is 65.3. The van der Waals surface area contributed by atoms with Gasteiger partial charge in [-0.1, -0.05) is 190 Å². The molecule has 4 heterocycles. The molecule has 0 saturated carbocycles. The summed E-state index contributed by atoms with van der Waals surface area (Å²) in [6.07, 6.45) is 7.02. The van der Waals surface area contributed by atoms with E-state index in [0.717, 1.165) is 52.9 Å². The smallest absolute Gasteiger partial charge is 0.201 e. The van der Waals surface area contributed by atoms with Gasteiger partial charge in [0.1, 0.15) is 28.2 Å². The highest BCUT2D eigenvalue weighted by atomic mass is 14.9. The third kappa shape index (κ3) is 22.2. The zero-order valence-corrected chi connectivity index (χ0v) is 59.3. The largest absolute Gasteiger partial charge is 0.212 e. The van der Waals surface area contributed by atoms with E-state index in [4.69, 9.17) is 8.22 Å². The molecule has 87 heavy (non-hydrogen) atoms. The summed E-state index contributed by atoms with van der Waals surface area (Å²) in [5, 5.41) is 0. The molecule has 4 aromatic carbocycles. The highest BCUT2D eigenvalue weighted by Crippen LogP contribution is 2.33. The molecule has 466 valence electrons. The van der Waals surface area contributed by atoms with Crippen LogP contribution in [0.3, 0.4) is 0 Å². The molecule has 0 radical (unpaired) electrons. The van der Waals surface area contributed by atoms with Crippen LogP contribution in [0.2, 0.25) is 0 Å². The highest BCUT2D eigenvalue weighted by Gasteiger charge is 2.26. The lowest BCUT2D eigenvalue weighted by atomic mass is 9.81. The Morgan fingerprint density at radius 3 is 0.908 bits per heavy atom. The third-order valence-corrected chi connectivity index (χ3v) is 15.1. The number of pyridine rings is 4. The van der Waals surface area contributed by atoms with Crippen molar-refractivity contribution in [3.8, 4) is 45.0 Å². The molecular weight excluding hydrogens is 1050 g/mol. The number of aryl methyl sites for hydroxylation is 10. The Hall–Kier alpha value is -6.52. The van der Waals surface area contributed by atoms with Gasteiger partial charge in [0.05, 0.1) is 0 Å². The van der Waals surface area contributed by atoms with Crippen LogP contribution in [0.5, 0.6) is 0 Å². The van der Waals surface area contributed by atoms with E-state index < -0.39 is 29.9 Å². The van der Waals surface area contributed by atoms with Crippen molar-refractivity contribution in [1.29, 1.82) is 0 Å². The fourth-order valence-electron chi connectivity index (χ4n) is 11.2. The molecular formula is C83H118N4+4. The number of benzene rings is 4. The Morgan fingerprint density at radius 2 is 0.575 bits per heavy atom. The van der Waals surface area contributed by atoms with Crippen LogP contribution in [-0.2, 0) is 66.6 Å². The van der Waals surface area contributed by atoms with E-state index in [-0.39, 0.29) is 11.3 Å². The first kappa shape index (κ1) is 62.1. The molecule has 0 N–H and O–H groups in total. The van der Waals surface area contributed by atoms with Gasteiger partial charge in [-0.05, 0) is 182 Å². The summed E-state index contributed by atoms with van der Waals surface area (Å²) in [7, 11) is 8.21. The lowest BCUT2D eigenvalue weighted by Gasteiger charge is -2.24. The molecule has 0 fully saturated rings. The van der Waals surface area contributed by atoms with Crippen LogP contribution in [0.15, 0.2) is 146 Å². The summed E-state index contributed by atoms with van der Waals surface area (Å²) in [6, 6.07) is 42.3. The summed E-state index contributed by atoms with van der Waals surface area (Å²) >= 11 is 0. The predicted octanol–water partition coefficient (Wildman–Crippen LogP) is 19.7. The van der Waals surface area contributed by atoms with Gasteiger partial charge in [0.15, 0.2) is 24.8 Å². The van der Waals surface area contributed by atoms with Crippen LogP contribution in [0.4, 0.5) is 0 Å². The summed E-state index contributed by atoms with van der Waals surface area (Å²) in [6.45, 7) is 48.7. The maximum atomic E-state index is 8.78. The Bertz CT molecular complexity index is 3870. The Balaban J connectivity index is 0.000000226. The summed E-state index contributed by atoms with van der Waals surface area (Å²) < 4.78 is 60.6. The van der Waals surface area contributed by atoms with Crippen LogP contribution >= 0.6 is 0 Å². The van der Waals surface area contributed by atoms with Gasteiger partial charge in [0.2, 0.25) is 22.8 Å². The number of nitrogens with zero attached hydrogens (tertiary/aromatic N) is 4. The first-order valence-corrected chi connectivity index (χ1v) is 31.8. The first-order chi connectivity index (χ1) is 42.5. The van der Waals surface area contributed by atoms with Gasteiger partial charge in [-0.15, -0.1) is 0 Å². The van der Waals surface area contributed by atoms with E-state index in [1.807, 2.05) is 141 Å². The third-order valence-electron chi connectivity index (χ3n) is 15.1. The van der Waals surface area contributed by atoms with Crippen molar-refractivity contribution in [1.82, 2.24) is 0 Å². The van der Waals surface area contributed by atoms with Gasteiger partial charge >= 0.3 is 0 Å². The first-order valence-electron chi connectivity index (χ1n) is 34.8. The molecule has 0 aliphatic rings. The maximum Gasteiger partial charge on any atom is 0.212 e. The minimum Gasteiger partial charge on any atom is -0.201 e. The molecule has 4 aromatic heterocycles. The van der Waals surface area contributed by atoms with Gasteiger partial charge in [0, 0.05) is 77.0 Å². The summed E-state index contributed by atoms with van der Waals surface area (Å²) in [5.41, 5.74) is 22.7. The van der Waals surface area contributed by atoms with Crippen molar-refractivity contribution in [3.63, 3.8) is 0 Å². The van der Waals surface area contributed by atoms with Gasteiger partial charge in [-0.3, -0.25) is 0 Å². The minimum absolute atomic E-state index is 0.274. The molecule has 0 unspecified atom stereocenters. The standard InChI is InChI=1S/C23H34N.C22H32N.2C19H26N/c1-17-11-9-10-12-20(17)21-13-18(14-22(2,3)4)19(16-24(21)8)15-23(5,6)7;1-16(2)12-18-13-21(20-11-9-8-10-17(20)3)23(7)15-19(18)14-22(4,5)6;2*1-14-9-7-8-10-17(14)18-11-15(2)16(13-20(18)6)12-19(3,4)5/h9-13,16H,14-15H2,1-8H3;8-11,13,15-16H,12,14H2,1-7H3;2*7-11,13H,12H2,1-6H3/q4*+1/i;12D2,14D2;12D2;. The number of rotatable bonds is 11. The lowest BCUT2D eigenvalue weighted by molar-refractivity contribution is -0.661. The quantitative estimate of drug-likeness (QED) is 0.115. The molecule has 8 rings (SSSR count). The van der Waals surface area contributed by atoms with Crippen molar-refractivity contribution in [2.45, 2.75) is 198 Å². The van der Waals surface area contributed by atoms with Crippen LogP contribution in [0.1, 0.15) is 193 Å². The maximum absolute atomic E-state index is 8.78. The van der Waals surface area contributed by atoms with E-state index in [1.54, 1.807) is 6.20 Å². The van der Waals surface area contributed by atoms with Gasteiger partial charge in [-0.25, -0.2) is 18.3 Å². The van der Waals surface area contributed by atoms with Crippen molar-refractivity contribution < 1.29 is 26.5 Å². The second-order valence-corrected chi connectivity index (χ2v) is 30.8. The summed E-state index contributed by atoms with van der Waals surface area (Å²) in [4.78, 5) is 0. The Kier molecular flexibility index (Phi) is 21.2. The van der Waals surface area contributed by atoms with E-state index in [2.05, 4.69) is 204 Å². The molecule has 4 heteroatoms. The predicted molar refractivity (Wildman–Crippen MR) is 375 cm³/mol. The van der Waals surface area contributed by atoms with Crippen molar-refractivity contribution in [2.24, 2.45) is 61.2 Å². The SMILES string of the molecule is Cc1cc(-c2ccccc2C)[n+](C)cc1CC(C)(C)C.Cc1ccccc1-c1cc(CC(C)(C)C)c(CC(C)(C)C)c[n+]1C.[2H]C([2H])(c1c[n+](C)c(-c2ccccc2C)cc1C)C(C)(C)C.[2H]C([2H])(c1cc(-c2ccccc2C)[n+](C)cc1C([2H])([2H])C(C)(C)C)C(C)C. The van der Waals surface area contributed by atoms with E-state index in [1.165, 1.54) is 67.0 Å². The second kappa shape index (κ2) is 29.7. The van der Waals surface area contributed by atoms with E-state index >= 15 is 0 Å². The van der Waals surface area contributed by atoms with Crippen LogP contribution in [-0.4, -0.2) is 0 Å². The molecule has 0 saturated heterocycles. The Labute approximate surface area is 540 Å².